The maximum atomic E-state index is 12.9. The van der Waals surface area contributed by atoms with Gasteiger partial charge in [0.25, 0.3) is 11.8 Å². The number of thiophene rings is 1. The number of hydrogen-bond acceptors (Lipinski definition) is 3. The van der Waals surface area contributed by atoms with Gasteiger partial charge in [0.15, 0.2) is 0 Å². The van der Waals surface area contributed by atoms with Crippen LogP contribution in [0.1, 0.15) is 38.6 Å². The Bertz CT molecular complexity index is 939. The maximum Gasteiger partial charge on any atom is 0.268 e. The van der Waals surface area contributed by atoms with Crippen LogP contribution in [0, 0.1) is 0 Å². The summed E-state index contributed by atoms with van der Waals surface area (Å²) < 4.78 is 0. The summed E-state index contributed by atoms with van der Waals surface area (Å²) in [5, 5.41) is 5.49. The van der Waals surface area contributed by atoms with E-state index in [-0.39, 0.29) is 17.9 Å². The molecule has 1 N–H and O–H groups in total. The van der Waals surface area contributed by atoms with Crippen molar-refractivity contribution in [2.75, 3.05) is 11.9 Å². The number of carbonyl (C=O) groups is 2. The van der Waals surface area contributed by atoms with Crippen molar-refractivity contribution in [2.45, 2.75) is 13.0 Å². The molecule has 1 atom stereocenters. The molecule has 3 aromatic rings. The SMILES string of the molecule is CC(NC(=O)c1ccccc1N(C)C(=O)c1cccs1)c1ccc(Cl)cc1. The Morgan fingerprint density at radius 1 is 1.04 bits per heavy atom. The van der Waals surface area contributed by atoms with Gasteiger partial charge in [0.05, 0.1) is 22.2 Å². The minimum absolute atomic E-state index is 0.143. The molecule has 138 valence electrons. The second kappa shape index (κ2) is 8.37. The summed E-state index contributed by atoms with van der Waals surface area (Å²) in [5.74, 6) is -0.380. The van der Waals surface area contributed by atoms with Crippen LogP contribution in [-0.4, -0.2) is 18.9 Å². The molecule has 0 saturated heterocycles. The zero-order valence-electron chi connectivity index (χ0n) is 15.0. The van der Waals surface area contributed by atoms with Crippen LogP contribution in [0.25, 0.3) is 0 Å². The molecule has 4 nitrogen and oxygen atoms in total. The molecule has 1 aromatic heterocycles. The quantitative estimate of drug-likeness (QED) is 0.644. The summed E-state index contributed by atoms with van der Waals surface area (Å²) in [6.45, 7) is 1.91. The average Bonchev–Trinajstić information content (AvgIpc) is 3.22. The molecular formula is C21H19ClN2O2S. The van der Waals surface area contributed by atoms with Crippen LogP contribution in [0.3, 0.4) is 0 Å². The lowest BCUT2D eigenvalue weighted by molar-refractivity contribution is 0.0940. The van der Waals surface area contributed by atoms with Crippen molar-refractivity contribution < 1.29 is 9.59 Å². The fourth-order valence-electron chi connectivity index (χ4n) is 2.74. The Morgan fingerprint density at radius 3 is 2.41 bits per heavy atom. The lowest BCUT2D eigenvalue weighted by atomic mass is 10.1. The number of nitrogens with one attached hydrogen (secondary N) is 1. The minimum atomic E-state index is -0.237. The normalized spacial score (nSPS) is 11.7. The number of amides is 2. The Morgan fingerprint density at radius 2 is 1.74 bits per heavy atom. The highest BCUT2D eigenvalue weighted by Crippen LogP contribution is 2.24. The minimum Gasteiger partial charge on any atom is -0.345 e. The Balaban J connectivity index is 1.81. The van der Waals surface area contributed by atoms with Crippen LogP contribution in [0.4, 0.5) is 5.69 Å². The first-order chi connectivity index (χ1) is 13.0. The van der Waals surface area contributed by atoms with E-state index in [1.807, 2.05) is 36.6 Å². The molecule has 0 fully saturated rings. The smallest absolute Gasteiger partial charge is 0.268 e. The molecule has 0 spiro atoms. The Labute approximate surface area is 167 Å². The molecule has 0 saturated carbocycles. The van der Waals surface area contributed by atoms with Gasteiger partial charge >= 0.3 is 0 Å². The summed E-state index contributed by atoms with van der Waals surface area (Å²) in [5.41, 5.74) is 1.97. The third-order valence-electron chi connectivity index (χ3n) is 4.26. The van der Waals surface area contributed by atoms with E-state index < -0.39 is 0 Å². The molecule has 0 aliphatic rings. The van der Waals surface area contributed by atoms with Crippen molar-refractivity contribution >= 4 is 40.4 Å². The van der Waals surface area contributed by atoms with Gasteiger partial charge < -0.3 is 10.2 Å². The van der Waals surface area contributed by atoms with Crippen molar-refractivity contribution in [1.82, 2.24) is 5.32 Å². The van der Waals surface area contributed by atoms with Crippen molar-refractivity contribution in [1.29, 1.82) is 0 Å². The maximum absolute atomic E-state index is 12.9. The van der Waals surface area contributed by atoms with E-state index in [0.29, 0.717) is 21.2 Å². The first kappa shape index (κ1) is 19.1. The molecule has 0 aliphatic heterocycles. The molecule has 2 amide bonds. The molecule has 3 rings (SSSR count). The highest BCUT2D eigenvalue weighted by molar-refractivity contribution is 7.12. The van der Waals surface area contributed by atoms with Crippen LogP contribution in [0.15, 0.2) is 66.0 Å². The van der Waals surface area contributed by atoms with Gasteiger partial charge in [-0.3, -0.25) is 9.59 Å². The van der Waals surface area contributed by atoms with E-state index in [1.165, 1.54) is 16.2 Å². The largest absolute Gasteiger partial charge is 0.345 e. The lowest BCUT2D eigenvalue weighted by Crippen LogP contribution is -2.31. The summed E-state index contributed by atoms with van der Waals surface area (Å²) in [6, 6.07) is 17.8. The fourth-order valence-corrected chi connectivity index (χ4v) is 3.57. The van der Waals surface area contributed by atoms with Crippen molar-refractivity contribution in [3.63, 3.8) is 0 Å². The number of hydrogen-bond donors (Lipinski definition) is 1. The predicted octanol–water partition coefficient (Wildman–Crippen LogP) is 5.17. The zero-order valence-corrected chi connectivity index (χ0v) is 16.6. The number of rotatable bonds is 5. The van der Waals surface area contributed by atoms with Crippen LogP contribution < -0.4 is 10.2 Å². The molecule has 0 aliphatic carbocycles. The van der Waals surface area contributed by atoms with E-state index in [0.717, 1.165) is 5.56 Å². The van der Waals surface area contributed by atoms with Crippen molar-refractivity contribution in [2.24, 2.45) is 0 Å². The van der Waals surface area contributed by atoms with Crippen molar-refractivity contribution in [3.8, 4) is 0 Å². The summed E-state index contributed by atoms with van der Waals surface area (Å²) >= 11 is 7.30. The third-order valence-corrected chi connectivity index (χ3v) is 5.37. The van der Waals surface area contributed by atoms with Gasteiger partial charge in [0.2, 0.25) is 0 Å². The number of carbonyl (C=O) groups excluding carboxylic acids is 2. The zero-order chi connectivity index (χ0) is 19.4. The molecule has 0 radical (unpaired) electrons. The van der Waals surface area contributed by atoms with E-state index in [2.05, 4.69) is 5.32 Å². The first-order valence-corrected chi connectivity index (χ1v) is 9.70. The van der Waals surface area contributed by atoms with E-state index >= 15 is 0 Å². The first-order valence-electron chi connectivity index (χ1n) is 8.44. The van der Waals surface area contributed by atoms with Gasteiger partial charge in [-0.1, -0.05) is 41.9 Å². The van der Waals surface area contributed by atoms with Gasteiger partial charge in [0.1, 0.15) is 0 Å². The summed E-state index contributed by atoms with van der Waals surface area (Å²) in [4.78, 5) is 27.6. The molecule has 0 bridgehead atoms. The van der Waals surface area contributed by atoms with Crippen LogP contribution in [0.5, 0.6) is 0 Å². The summed E-state index contributed by atoms with van der Waals surface area (Å²) in [7, 11) is 1.68. The molecule has 2 aromatic carbocycles. The molecular weight excluding hydrogens is 380 g/mol. The van der Waals surface area contributed by atoms with E-state index in [1.54, 1.807) is 43.4 Å². The third kappa shape index (κ3) is 4.38. The van der Waals surface area contributed by atoms with Crippen LogP contribution in [-0.2, 0) is 0 Å². The lowest BCUT2D eigenvalue weighted by Gasteiger charge is -2.21. The average molecular weight is 399 g/mol. The predicted molar refractivity (Wildman–Crippen MR) is 111 cm³/mol. The topological polar surface area (TPSA) is 49.4 Å². The van der Waals surface area contributed by atoms with Gasteiger partial charge in [0, 0.05) is 12.1 Å². The molecule has 1 heterocycles. The van der Waals surface area contributed by atoms with Crippen LogP contribution >= 0.6 is 22.9 Å². The number of anilines is 1. The van der Waals surface area contributed by atoms with Gasteiger partial charge in [-0.2, -0.15) is 0 Å². The monoisotopic (exact) mass is 398 g/mol. The second-order valence-corrected chi connectivity index (χ2v) is 7.49. The number of nitrogens with zero attached hydrogens (tertiary/aromatic N) is 1. The number of halogens is 1. The van der Waals surface area contributed by atoms with Gasteiger partial charge in [-0.25, -0.2) is 0 Å². The number of benzene rings is 2. The second-order valence-electron chi connectivity index (χ2n) is 6.11. The van der Waals surface area contributed by atoms with Gasteiger partial charge in [-0.15, -0.1) is 11.3 Å². The van der Waals surface area contributed by atoms with Crippen LogP contribution in [0.2, 0.25) is 5.02 Å². The standard InChI is InChI=1S/C21H19ClN2O2S/c1-14(15-9-11-16(22)12-10-15)23-20(25)17-6-3-4-7-18(17)24(2)21(26)19-8-5-13-27-19/h3-14H,1-2H3,(H,23,25). The van der Waals surface area contributed by atoms with Gasteiger partial charge in [-0.05, 0) is 48.2 Å². The Hall–Kier alpha value is -2.63. The Kier molecular flexibility index (Phi) is 5.94. The highest BCUT2D eigenvalue weighted by Gasteiger charge is 2.21. The van der Waals surface area contributed by atoms with E-state index in [4.69, 9.17) is 11.6 Å². The van der Waals surface area contributed by atoms with Crippen molar-refractivity contribution in [3.05, 3.63) is 87.1 Å². The number of para-hydroxylation sites is 1. The highest BCUT2D eigenvalue weighted by atomic mass is 35.5. The molecule has 1 unspecified atom stereocenters. The van der Waals surface area contributed by atoms with E-state index in [9.17, 15) is 9.59 Å². The molecule has 27 heavy (non-hydrogen) atoms. The fraction of sp³-hybridized carbons (Fsp3) is 0.143. The summed E-state index contributed by atoms with van der Waals surface area (Å²) in [6.07, 6.45) is 0. The molecule has 6 heteroatoms.